The second kappa shape index (κ2) is 12.2. The summed E-state index contributed by atoms with van der Waals surface area (Å²) in [5.41, 5.74) is 2.95. The molecule has 0 radical (unpaired) electrons. The summed E-state index contributed by atoms with van der Waals surface area (Å²) < 4.78 is 42.8. The van der Waals surface area contributed by atoms with Gasteiger partial charge < -0.3 is 5.32 Å². The maximum absolute atomic E-state index is 13.4. The molecule has 1 aliphatic rings. The van der Waals surface area contributed by atoms with Crippen LogP contribution in [0.25, 0.3) is 11.1 Å². The Hall–Kier alpha value is -2.50. The molecule has 1 saturated heterocycles. The zero-order valence-corrected chi connectivity index (χ0v) is 22.2. The van der Waals surface area contributed by atoms with Crippen LogP contribution in [-0.2, 0) is 30.1 Å². The largest absolute Gasteiger partial charge is 0.347 e. The zero-order valence-electron chi connectivity index (χ0n) is 19.8. The smallest absolute Gasteiger partial charge is 0.264 e. The van der Waals surface area contributed by atoms with Crippen molar-refractivity contribution >= 4 is 38.8 Å². The molecule has 3 atom stereocenters. The van der Waals surface area contributed by atoms with Crippen molar-refractivity contribution in [2.45, 2.75) is 22.7 Å². The van der Waals surface area contributed by atoms with Crippen molar-refractivity contribution in [1.29, 1.82) is 0 Å². The predicted octanol–water partition coefficient (Wildman–Crippen LogP) is 3.97. The molecule has 0 aromatic heterocycles. The highest BCUT2D eigenvalue weighted by atomic mass is 32.2. The number of amides is 1. The first-order valence-electron chi connectivity index (χ1n) is 11.5. The topological polar surface area (TPSA) is 92.8 Å². The van der Waals surface area contributed by atoms with Crippen molar-refractivity contribution in [1.82, 2.24) is 9.62 Å². The molecule has 3 aromatic carbocycles. The molecular weight excluding hydrogens is 516 g/mol. The number of carbonyl (C=O) groups is 1. The maximum Gasteiger partial charge on any atom is 0.264 e. The van der Waals surface area contributed by atoms with Crippen molar-refractivity contribution < 1.29 is 21.6 Å². The van der Waals surface area contributed by atoms with Gasteiger partial charge in [-0.05, 0) is 35.2 Å². The number of hydrogen-bond acceptors (Lipinski definition) is 6. The minimum Gasteiger partial charge on any atom is -0.347 e. The van der Waals surface area contributed by atoms with Gasteiger partial charge in [-0.1, -0.05) is 72.8 Å². The Kier molecular flexibility index (Phi) is 8.97. The lowest BCUT2D eigenvalue weighted by Crippen LogP contribution is -2.44. The lowest BCUT2D eigenvalue weighted by atomic mass is 10.0. The summed E-state index contributed by atoms with van der Waals surface area (Å²) >= 11 is 1.44. The molecule has 4 rings (SSSR count). The third-order valence-corrected chi connectivity index (χ3v) is 9.10. The molecule has 190 valence electrons. The summed E-state index contributed by atoms with van der Waals surface area (Å²) in [4.78, 5) is 13.9. The number of carbonyl (C=O) groups excluding carboxylic acids is 1. The van der Waals surface area contributed by atoms with E-state index in [4.69, 9.17) is 4.18 Å². The van der Waals surface area contributed by atoms with Crippen LogP contribution < -0.4 is 5.32 Å². The van der Waals surface area contributed by atoms with E-state index in [1.54, 1.807) is 4.31 Å². The molecule has 0 bridgehead atoms. The van der Waals surface area contributed by atoms with Crippen molar-refractivity contribution in [3.8, 4) is 11.1 Å². The van der Waals surface area contributed by atoms with Crippen LogP contribution in [0.1, 0.15) is 18.0 Å². The van der Waals surface area contributed by atoms with Crippen LogP contribution in [0, 0.1) is 0 Å². The van der Waals surface area contributed by atoms with E-state index in [9.17, 15) is 17.4 Å². The Balaban J connectivity index is 1.45. The van der Waals surface area contributed by atoms with Gasteiger partial charge >= 0.3 is 0 Å². The van der Waals surface area contributed by atoms with Crippen LogP contribution in [0.2, 0.25) is 0 Å². The first-order valence-corrected chi connectivity index (χ1v) is 15.4. The third kappa shape index (κ3) is 7.04. The van der Waals surface area contributed by atoms with Crippen molar-refractivity contribution in [2.24, 2.45) is 0 Å². The summed E-state index contributed by atoms with van der Waals surface area (Å²) in [6.07, 6.45) is 1.28. The van der Waals surface area contributed by atoms with E-state index in [1.807, 2.05) is 84.9 Å². The SMILES string of the molecule is CS(=O)(=O)OCCC(NC(=O)C1SCCN1S(=O)c1ccc(-c2ccccc2)cc1)c1ccccc1. The summed E-state index contributed by atoms with van der Waals surface area (Å²) in [6, 6.07) is 26.4. The molecule has 3 unspecified atom stereocenters. The molecule has 0 spiro atoms. The number of hydrogen-bond donors (Lipinski definition) is 1. The molecular formula is C26H28N2O5S3. The Labute approximate surface area is 219 Å². The van der Waals surface area contributed by atoms with E-state index in [0.717, 1.165) is 22.9 Å². The van der Waals surface area contributed by atoms with Crippen LogP contribution >= 0.6 is 11.8 Å². The molecule has 0 saturated carbocycles. The highest BCUT2D eigenvalue weighted by molar-refractivity contribution is 8.01. The minimum absolute atomic E-state index is 0.0557. The number of nitrogens with one attached hydrogen (secondary N) is 1. The normalized spacial score (nSPS) is 18.0. The van der Waals surface area contributed by atoms with Crippen LogP contribution in [0.5, 0.6) is 0 Å². The summed E-state index contributed by atoms with van der Waals surface area (Å²) in [5.74, 6) is 0.416. The Morgan fingerprint density at radius 1 is 1.03 bits per heavy atom. The van der Waals surface area contributed by atoms with Gasteiger partial charge in [-0.2, -0.15) is 12.7 Å². The van der Waals surface area contributed by atoms with Gasteiger partial charge in [-0.15, -0.1) is 11.8 Å². The fraction of sp³-hybridized carbons (Fsp3) is 0.269. The predicted molar refractivity (Wildman–Crippen MR) is 144 cm³/mol. The zero-order chi connectivity index (χ0) is 25.5. The summed E-state index contributed by atoms with van der Waals surface area (Å²) in [6.45, 7) is 0.461. The molecule has 36 heavy (non-hydrogen) atoms. The molecule has 7 nitrogen and oxygen atoms in total. The Bertz CT molecular complexity index is 1290. The average molecular weight is 545 g/mol. The number of nitrogens with zero attached hydrogens (tertiary/aromatic N) is 1. The van der Waals surface area contributed by atoms with Gasteiger partial charge in [0.1, 0.15) is 16.4 Å². The molecule has 1 amide bonds. The second-order valence-corrected chi connectivity index (χ2v) is 12.6. The molecule has 1 aliphatic heterocycles. The average Bonchev–Trinajstić information content (AvgIpc) is 3.38. The molecule has 3 aromatic rings. The minimum atomic E-state index is -3.58. The lowest BCUT2D eigenvalue weighted by Gasteiger charge is -2.25. The van der Waals surface area contributed by atoms with Crippen molar-refractivity contribution in [3.63, 3.8) is 0 Å². The molecule has 0 aliphatic carbocycles. The third-order valence-electron chi connectivity index (χ3n) is 5.67. The van der Waals surface area contributed by atoms with Gasteiger partial charge in [0.15, 0.2) is 0 Å². The highest BCUT2D eigenvalue weighted by Gasteiger charge is 2.36. The lowest BCUT2D eigenvalue weighted by molar-refractivity contribution is -0.122. The van der Waals surface area contributed by atoms with E-state index in [-0.39, 0.29) is 18.9 Å². The van der Waals surface area contributed by atoms with E-state index in [0.29, 0.717) is 17.2 Å². The Morgan fingerprint density at radius 2 is 1.64 bits per heavy atom. The van der Waals surface area contributed by atoms with E-state index >= 15 is 0 Å². The first-order chi connectivity index (χ1) is 17.3. The first kappa shape index (κ1) is 26.6. The standard InChI is InChI=1S/C26H28N2O5S3/c1-36(31,32)33-18-16-24(22-10-6-3-7-11-22)27-25(29)26-28(17-19-34-26)35(30)23-14-12-21(13-15-23)20-8-4-2-5-9-20/h2-15,24,26H,16-19H2,1H3,(H,27,29). The fourth-order valence-electron chi connectivity index (χ4n) is 3.93. The van der Waals surface area contributed by atoms with Crippen molar-refractivity contribution in [2.75, 3.05) is 25.2 Å². The Morgan fingerprint density at radius 3 is 2.28 bits per heavy atom. The van der Waals surface area contributed by atoms with E-state index < -0.39 is 32.5 Å². The van der Waals surface area contributed by atoms with Gasteiger partial charge in [0.05, 0.1) is 23.8 Å². The van der Waals surface area contributed by atoms with Crippen molar-refractivity contribution in [3.05, 3.63) is 90.5 Å². The van der Waals surface area contributed by atoms with Gasteiger partial charge in [0.25, 0.3) is 10.1 Å². The van der Waals surface area contributed by atoms with Crippen LogP contribution in [-0.4, -0.2) is 53.4 Å². The summed E-state index contributed by atoms with van der Waals surface area (Å²) in [7, 11) is -5.09. The number of rotatable bonds is 10. The molecule has 1 N–H and O–H groups in total. The fourth-order valence-corrected chi connectivity index (χ4v) is 7.04. The van der Waals surface area contributed by atoms with Crippen LogP contribution in [0.15, 0.2) is 89.8 Å². The number of benzene rings is 3. The maximum atomic E-state index is 13.4. The van der Waals surface area contributed by atoms with Crippen LogP contribution in [0.3, 0.4) is 0 Å². The molecule has 10 heteroatoms. The molecule has 1 fully saturated rings. The van der Waals surface area contributed by atoms with Gasteiger partial charge in [0, 0.05) is 12.3 Å². The quantitative estimate of drug-likeness (QED) is 0.388. The molecule has 1 heterocycles. The summed E-state index contributed by atoms with van der Waals surface area (Å²) in [5, 5.41) is 2.39. The van der Waals surface area contributed by atoms with E-state index in [1.165, 1.54) is 11.8 Å². The number of thioether (sulfide) groups is 1. The van der Waals surface area contributed by atoms with Gasteiger partial charge in [0.2, 0.25) is 5.91 Å². The van der Waals surface area contributed by atoms with Crippen LogP contribution in [0.4, 0.5) is 0 Å². The second-order valence-electron chi connectivity index (χ2n) is 8.29. The van der Waals surface area contributed by atoms with Gasteiger partial charge in [-0.25, -0.2) is 4.21 Å². The van der Waals surface area contributed by atoms with E-state index in [2.05, 4.69) is 5.32 Å². The van der Waals surface area contributed by atoms with Gasteiger partial charge in [-0.3, -0.25) is 8.98 Å². The monoisotopic (exact) mass is 544 g/mol. The highest BCUT2D eigenvalue weighted by Crippen LogP contribution is 2.30.